The first-order valence-electron chi connectivity index (χ1n) is 4.78. The standard InChI is InChI=1S/C11H16N2O/c12-11(13)10-6-4-9(5-7-10)3-1-2-8-14/h4-7,14H,1-3,8H2,(H3,12,13). The van der Waals surface area contributed by atoms with Crippen molar-refractivity contribution in [2.45, 2.75) is 19.3 Å². The Labute approximate surface area is 84.1 Å². The molecule has 0 radical (unpaired) electrons. The topological polar surface area (TPSA) is 70.1 Å². The monoisotopic (exact) mass is 192 g/mol. The first-order chi connectivity index (χ1) is 6.74. The lowest BCUT2D eigenvalue weighted by Gasteiger charge is -2.02. The number of rotatable bonds is 5. The average molecular weight is 192 g/mol. The number of hydrogen-bond donors (Lipinski definition) is 3. The molecule has 0 aliphatic rings. The summed E-state index contributed by atoms with van der Waals surface area (Å²) < 4.78 is 0. The highest BCUT2D eigenvalue weighted by atomic mass is 16.2. The van der Waals surface area contributed by atoms with E-state index in [2.05, 4.69) is 0 Å². The number of aliphatic hydroxyl groups is 1. The Morgan fingerprint density at radius 2 is 1.86 bits per heavy atom. The van der Waals surface area contributed by atoms with E-state index in [9.17, 15) is 0 Å². The number of aryl methyl sites for hydroxylation is 1. The van der Waals surface area contributed by atoms with E-state index >= 15 is 0 Å². The largest absolute Gasteiger partial charge is 0.396 e. The van der Waals surface area contributed by atoms with Crippen molar-refractivity contribution in [3.8, 4) is 0 Å². The third-order valence-electron chi connectivity index (χ3n) is 2.14. The van der Waals surface area contributed by atoms with Crippen LogP contribution in [0.15, 0.2) is 24.3 Å². The molecule has 14 heavy (non-hydrogen) atoms. The summed E-state index contributed by atoms with van der Waals surface area (Å²) in [4.78, 5) is 0. The number of benzene rings is 1. The van der Waals surface area contributed by atoms with Crippen molar-refractivity contribution >= 4 is 5.84 Å². The van der Waals surface area contributed by atoms with Crippen LogP contribution in [0.1, 0.15) is 24.0 Å². The second-order valence-electron chi connectivity index (χ2n) is 3.29. The molecule has 3 nitrogen and oxygen atoms in total. The normalized spacial score (nSPS) is 10.1. The average Bonchev–Trinajstić information content (AvgIpc) is 2.19. The lowest BCUT2D eigenvalue weighted by Crippen LogP contribution is -2.10. The minimum atomic E-state index is 0.104. The molecule has 0 atom stereocenters. The summed E-state index contributed by atoms with van der Waals surface area (Å²) >= 11 is 0. The summed E-state index contributed by atoms with van der Waals surface area (Å²) in [7, 11) is 0. The van der Waals surface area contributed by atoms with Gasteiger partial charge in [0.05, 0.1) is 0 Å². The number of nitrogens with two attached hydrogens (primary N) is 1. The predicted molar refractivity (Wildman–Crippen MR) is 57.5 cm³/mol. The second kappa shape index (κ2) is 5.40. The molecule has 0 spiro atoms. The molecule has 0 saturated carbocycles. The number of nitrogens with one attached hydrogen (secondary N) is 1. The van der Waals surface area contributed by atoms with Gasteiger partial charge in [-0.15, -0.1) is 0 Å². The molecule has 3 heteroatoms. The van der Waals surface area contributed by atoms with Crippen molar-refractivity contribution in [3.63, 3.8) is 0 Å². The lowest BCUT2D eigenvalue weighted by atomic mass is 10.1. The highest BCUT2D eigenvalue weighted by Gasteiger charge is 1.96. The zero-order chi connectivity index (χ0) is 10.4. The Hall–Kier alpha value is -1.35. The molecule has 0 bridgehead atoms. The van der Waals surface area contributed by atoms with Crippen LogP contribution in [0.3, 0.4) is 0 Å². The van der Waals surface area contributed by atoms with E-state index in [0.29, 0.717) is 0 Å². The van der Waals surface area contributed by atoms with Crippen LogP contribution in [0.5, 0.6) is 0 Å². The Morgan fingerprint density at radius 3 is 2.36 bits per heavy atom. The quantitative estimate of drug-likeness (QED) is 0.373. The Kier molecular flexibility index (Phi) is 4.13. The number of amidine groups is 1. The number of aliphatic hydroxyl groups excluding tert-OH is 1. The van der Waals surface area contributed by atoms with Crippen LogP contribution in [0.2, 0.25) is 0 Å². The zero-order valence-corrected chi connectivity index (χ0v) is 8.16. The van der Waals surface area contributed by atoms with Gasteiger partial charge in [-0.1, -0.05) is 24.3 Å². The molecule has 0 aromatic heterocycles. The molecule has 1 aromatic rings. The summed E-state index contributed by atoms with van der Waals surface area (Å²) in [6.07, 6.45) is 2.81. The number of hydrogen-bond acceptors (Lipinski definition) is 2. The second-order valence-corrected chi connectivity index (χ2v) is 3.29. The molecule has 0 heterocycles. The van der Waals surface area contributed by atoms with Gasteiger partial charge in [0.25, 0.3) is 0 Å². The molecular weight excluding hydrogens is 176 g/mol. The third-order valence-corrected chi connectivity index (χ3v) is 2.14. The molecule has 4 N–H and O–H groups in total. The SMILES string of the molecule is N=C(N)c1ccc(CCCCO)cc1. The van der Waals surface area contributed by atoms with Gasteiger partial charge in [0.1, 0.15) is 5.84 Å². The summed E-state index contributed by atoms with van der Waals surface area (Å²) in [5.41, 5.74) is 7.32. The van der Waals surface area contributed by atoms with Crippen molar-refractivity contribution in [3.05, 3.63) is 35.4 Å². The fraction of sp³-hybridized carbons (Fsp3) is 0.364. The van der Waals surface area contributed by atoms with Crippen LogP contribution in [0, 0.1) is 5.41 Å². The summed E-state index contributed by atoms with van der Waals surface area (Å²) in [6, 6.07) is 7.68. The van der Waals surface area contributed by atoms with Crippen LogP contribution in [-0.2, 0) is 6.42 Å². The van der Waals surface area contributed by atoms with Gasteiger partial charge < -0.3 is 10.8 Å². The van der Waals surface area contributed by atoms with E-state index in [1.165, 1.54) is 5.56 Å². The van der Waals surface area contributed by atoms with Crippen molar-refractivity contribution in [1.82, 2.24) is 0 Å². The molecule has 1 aromatic carbocycles. The highest BCUT2D eigenvalue weighted by Crippen LogP contribution is 2.07. The molecule has 0 saturated heterocycles. The predicted octanol–water partition coefficient (Wildman–Crippen LogP) is 1.29. The van der Waals surface area contributed by atoms with E-state index in [0.717, 1.165) is 24.8 Å². The fourth-order valence-electron chi connectivity index (χ4n) is 1.29. The molecule has 0 amide bonds. The van der Waals surface area contributed by atoms with Gasteiger partial charge in [-0.05, 0) is 24.8 Å². The summed E-state index contributed by atoms with van der Waals surface area (Å²) in [5.74, 6) is 0.104. The van der Waals surface area contributed by atoms with Gasteiger partial charge in [-0.3, -0.25) is 5.41 Å². The smallest absolute Gasteiger partial charge is 0.122 e. The first kappa shape index (κ1) is 10.7. The van der Waals surface area contributed by atoms with Crippen molar-refractivity contribution in [1.29, 1.82) is 5.41 Å². The van der Waals surface area contributed by atoms with Gasteiger partial charge in [-0.2, -0.15) is 0 Å². The van der Waals surface area contributed by atoms with Crippen LogP contribution in [-0.4, -0.2) is 17.5 Å². The van der Waals surface area contributed by atoms with E-state index in [1.807, 2.05) is 24.3 Å². The van der Waals surface area contributed by atoms with Crippen molar-refractivity contribution in [2.24, 2.45) is 5.73 Å². The van der Waals surface area contributed by atoms with E-state index < -0.39 is 0 Å². The number of unbranched alkanes of at least 4 members (excludes halogenated alkanes) is 1. The van der Waals surface area contributed by atoms with Crippen LogP contribution < -0.4 is 5.73 Å². The van der Waals surface area contributed by atoms with E-state index in [1.54, 1.807) is 0 Å². The summed E-state index contributed by atoms with van der Waals surface area (Å²) in [5, 5.41) is 15.8. The van der Waals surface area contributed by atoms with Gasteiger partial charge in [0, 0.05) is 12.2 Å². The third kappa shape index (κ3) is 3.18. The molecule has 0 aliphatic carbocycles. The molecule has 76 valence electrons. The first-order valence-corrected chi connectivity index (χ1v) is 4.78. The molecule has 0 unspecified atom stereocenters. The zero-order valence-electron chi connectivity index (χ0n) is 8.16. The van der Waals surface area contributed by atoms with Gasteiger partial charge >= 0.3 is 0 Å². The maximum Gasteiger partial charge on any atom is 0.122 e. The lowest BCUT2D eigenvalue weighted by molar-refractivity contribution is 0.284. The highest BCUT2D eigenvalue weighted by molar-refractivity contribution is 5.94. The summed E-state index contributed by atoms with van der Waals surface area (Å²) in [6.45, 7) is 0.255. The Bertz CT molecular complexity index is 293. The van der Waals surface area contributed by atoms with Crippen molar-refractivity contribution in [2.75, 3.05) is 6.61 Å². The molecule has 1 rings (SSSR count). The van der Waals surface area contributed by atoms with Crippen LogP contribution in [0.25, 0.3) is 0 Å². The molecule has 0 fully saturated rings. The molecule has 0 aliphatic heterocycles. The van der Waals surface area contributed by atoms with E-state index in [-0.39, 0.29) is 12.4 Å². The van der Waals surface area contributed by atoms with Crippen LogP contribution >= 0.6 is 0 Å². The van der Waals surface area contributed by atoms with E-state index in [4.69, 9.17) is 16.2 Å². The Balaban J connectivity index is 2.51. The Morgan fingerprint density at radius 1 is 1.21 bits per heavy atom. The fourth-order valence-corrected chi connectivity index (χ4v) is 1.29. The maximum atomic E-state index is 8.62. The minimum absolute atomic E-state index is 0.104. The number of nitrogen functional groups attached to an aromatic ring is 1. The maximum absolute atomic E-state index is 8.62. The van der Waals surface area contributed by atoms with Gasteiger partial charge in [0.2, 0.25) is 0 Å². The van der Waals surface area contributed by atoms with Gasteiger partial charge in [-0.25, -0.2) is 0 Å². The molecular formula is C11H16N2O. The van der Waals surface area contributed by atoms with Crippen molar-refractivity contribution < 1.29 is 5.11 Å². The minimum Gasteiger partial charge on any atom is -0.396 e. The van der Waals surface area contributed by atoms with Crippen LogP contribution in [0.4, 0.5) is 0 Å². The van der Waals surface area contributed by atoms with Gasteiger partial charge in [0.15, 0.2) is 0 Å².